The molecule has 98 valence electrons. The van der Waals surface area contributed by atoms with Gasteiger partial charge in [0.05, 0.1) is 17.2 Å². The van der Waals surface area contributed by atoms with Gasteiger partial charge in [0, 0.05) is 7.05 Å². The summed E-state index contributed by atoms with van der Waals surface area (Å²) in [7, 11) is 1.71. The highest BCUT2D eigenvalue weighted by atomic mass is 16.1. The molecule has 20 heavy (non-hydrogen) atoms. The molecule has 0 radical (unpaired) electrons. The predicted octanol–water partition coefficient (Wildman–Crippen LogP) is 3.10. The maximum absolute atomic E-state index is 11.9. The Bertz CT molecular complexity index is 832. The lowest BCUT2D eigenvalue weighted by atomic mass is 10.1. The summed E-state index contributed by atoms with van der Waals surface area (Å²) in [6.45, 7) is 0. The number of hydrogen-bond acceptors (Lipinski definition) is 2. The third kappa shape index (κ3) is 2.38. The van der Waals surface area contributed by atoms with E-state index in [1.54, 1.807) is 13.4 Å². The van der Waals surface area contributed by atoms with Crippen LogP contribution in [0.4, 0.5) is 0 Å². The molecule has 0 aliphatic rings. The van der Waals surface area contributed by atoms with Gasteiger partial charge in [0.15, 0.2) is 0 Å². The minimum Gasteiger partial charge on any atom is -0.302 e. The van der Waals surface area contributed by atoms with Crippen LogP contribution in [0, 0.1) is 0 Å². The molecular formula is C17H14N2O. The number of aryl methyl sites for hydroxylation is 1. The van der Waals surface area contributed by atoms with Crippen molar-refractivity contribution in [3.63, 3.8) is 0 Å². The lowest BCUT2D eigenvalue weighted by Crippen LogP contribution is -2.16. The molecule has 3 heteroatoms. The first-order valence-corrected chi connectivity index (χ1v) is 6.42. The highest BCUT2D eigenvalue weighted by Crippen LogP contribution is 2.13. The molecule has 0 atom stereocenters. The monoisotopic (exact) mass is 262 g/mol. The second kappa shape index (κ2) is 5.13. The van der Waals surface area contributed by atoms with Gasteiger partial charge in [-0.1, -0.05) is 48.6 Å². The van der Waals surface area contributed by atoms with Crippen LogP contribution in [-0.4, -0.2) is 9.55 Å². The van der Waals surface area contributed by atoms with Crippen LogP contribution < -0.4 is 5.56 Å². The van der Waals surface area contributed by atoms with Crippen molar-refractivity contribution in [2.45, 2.75) is 0 Å². The van der Waals surface area contributed by atoms with Gasteiger partial charge in [-0.15, -0.1) is 0 Å². The standard InChI is InChI=1S/C17H14N2O/c1-19-12-18-16-11-14(9-10-15(16)17(19)20)8-7-13-5-3-2-4-6-13/h2-12H,1H3/b8-7+. The molecule has 0 N–H and O–H groups in total. The number of fused-ring (bicyclic) bond motifs is 1. The van der Waals surface area contributed by atoms with E-state index < -0.39 is 0 Å². The molecule has 0 unspecified atom stereocenters. The van der Waals surface area contributed by atoms with E-state index in [9.17, 15) is 4.79 Å². The van der Waals surface area contributed by atoms with Gasteiger partial charge in [0.2, 0.25) is 0 Å². The van der Waals surface area contributed by atoms with Gasteiger partial charge in [0.1, 0.15) is 0 Å². The van der Waals surface area contributed by atoms with Gasteiger partial charge in [-0.05, 0) is 23.3 Å². The Morgan fingerprint density at radius 1 is 1.00 bits per heavy atom. The van der Waals surface area contributed by atoms with Crippen molar-refractivity contribution in [3.8, 4) is 0 Å². The fourth-order valence-electron chi connectivity index (χ4n) is 2.09. The summed E-state index contributed by atoms with van der Waals surface area (Å²) in [6, 6.07) is 15.8. The summed E-state index contributed by atoms with van der Waals surface area (Å²) in [5.74, 6) is 0. The van der Waals surface area contributed by atoms with Crippen LogP contribution in [0.5, 0.6) is 0 Å². The van der Waals surface area contributed by atoms with Crippen LogP contribution >= 0.6 is 0 Å². The lowest BCUT2D eigenvalue weighted by molar-refractivity contribution is 0.843. The fourth-order valence-corrected chi connectivity index (χ4v) is 2.09. The average Bonchev–Trinajstić information content (AvgIpc) is 2.50. The van der Waals surface area contributed by atoms with Crippen molar-refractivity contribution in [3.05, 3.63) is 76.3 Å². The zero-order valence-corrected chi connectivity index (χ0v) is 11.2. The first-order chi connectivity index (χ1) is 9.74. The molecule has 0 saturated carbocycles. The Kier molecular flexibility index (Phi) is 3.17. The SMILES string of the molecule is Cn1cnc2cc(/C=C/c3ccccc3)ccc2c1=O. The highest BCUT2D eigenvalue weighted by Gasteiger charge is 2.01. The van der Waals surface area contributed by atoms with E-state index in [1.165, 1.54) is 4.57 Å². The maximum Gasteiger partial charge on any atom is 0.260 e. The van der Waals surface area contributed by atoms with E-state index in [0.29, 0.717) is 5.39 Å². The van der Waals surface area contributed by atoms with Crippen molar-refractivity contribution < 1.29 is 0 Å². The third-order valence-electron chi connectivity index (χ3n) is 3.21. The normalized spacial score (nSPS) is 11.2. The van der Waals surface area contributed by atoms with E-state index in [1.807, 2.05) is 60.7 Å². The molecule has 3 rings (SSSR count). The molecular weight excluding hydrogens is 248 g/mol. The summed E-state index contributed by atoms with van der Waals surface area (Å²) in [5.41, 5.74) is 2.88. The summed E-state index contributed by atoms with van der Waals surface area (Å²) >= 11 is 0. The molecule has 3 aromatic rings. The van der Waals surface area contributed by atoms with Gasteiger partial charge < -0.3 is 4.57 Å². The topological polar surface area (TPSA) is 34.9 Å². The van der Waals surface area contributed by atoms with Crippen molar-refractivity contribution in [2.24, 2.45) is 7.05 Å². The molecule has 2 aromatic carbocycles. The zero-order chi connectivity index (χ0) is 13.9. The number of aromatic nitrogens is 2. The predicted molar refractivity (Wildman–Crippen MR) is 82.4 cm³/mol. The number of hydrogen-bond donors (Lipinski definition) is 0. The first kappa shape index (κ1) is 12.4. The van der Waals surface area contributed by atoms with Gasteiger partial charge >= 0.3 is 0 Å². The second-order valence-electron chi connectivity index (χ2n) is 4.68. The average molecular weight is 262 g/mol. The smallest absolute Gasteiger partial charge is 0.260 e. The number of nitrogens with zero attached hydrogens (tertiary/aromatic N) is 2. The third-order valence-corrected chi connectivity index (χ3v) is 3.21. The van der Waals surface area contributed by atoms with Gasteiger partial charge in [-0.2, -0.15) is 0 Å². The molecule has 0 spiro atoms. The zero-order valence-electron chi connectivity index (χ0n) is 11.2. The van der Waals surface area contributed by atoms with Gasteiger partial charge in [-0.3, -0.25) is 4.79 Å². The first-order valence-electron chi connectivity index (χ1n) is 6.42. The van der Waals surface area contributed by atoms with Crippen molar-refractivity contribution >= 4 is 23.1 Å². The fraction of sp³-hybridized carbons (Fsp3) is 0.0588. The van der Waals surface area contributed by atoms with Crippen LogP contribution in [0.2, 0.25) is 0 Å². The van der Waals surface area contributed by atoms with Crippen LogP contribution in [0.15, 0.2) is 59.7 Å². The number of benzene rings is 2. The highest BCUT2D eigenvalue weighted by molar-refractivity contribution is 5.82. The second-order valence-corrected chi connectivity index (χ2v) is 4.68. The van der Waals surface area contributed by atoms with Crippen molar-refractivity contribution in [1.29, 1.82) is 0 Å². The molecule has 0 bridgehead atoms. The van der Waals surface area contributed by atoms with E-state index in [2.05, 4.69) is 4.98 Å². The Labute approximate surface area is 116 Å². The molecule has 1 aromatic heterocycles. The van der Waals surface area contributed by atoms with Crippen LogP contribution in [0.25, 0.3) is 23.1 Å². The quantitative estimate of drug-likeness (QED) is 0.665. The van der Waals surface area contributed by atoms with E-state index >= 15 is 0 Å². The molecule has 0 fully saturated rings. The summed E-state index contributed by atoms with van der Waals surface area (Å²) in [6.07, 6.45) is 5.62. The van der Waals surface area contributed by atoms with Crippen LogP contribution in [0.3, 0.4) is 0 Å². The summed E-state index contributed by atoms with van der Waals surface area (Å²) in [5, 5.41) is 0.645. The largest absolute Gasteiger partial charge is 0.302 e. The van der Waals surface area contributed by atoms with E-state index in [4.69, 9.17) is 0 Å². The van der Waals surface area contributed by atoms with E-state index in [-0.39, 0.29) is 5.56 Å². The summed E-state index contributed by atoms with van der Waals surface area (Å²) < 4.78 is 1.49. The maximum atomic E-state index is 11.9. The van der Waals surface area contributed by atoms with Crippen LogP contribution in [0.1, 0.15) is 11.1 Å². The minimum atomic E-state index is -0.0198. The molecule has 0 aliphatic carbocycles. The Morgan fingerprint density at radius 2 is 1.75 bits per heavy atom. The van der Waals surface area contributed by atoms with Gasteiger partial charge in [-0.25, -0.2) is 4.98 Å². The molecule has 0 saturated heterocycles. The molecule has 0 amide bonds. The van der Waals surface area contributed by atoms with Crippen molar-refractivity contribution in [2.75, 3.05) is 0 Å². The molecule has 1 heterocycles. The minimum absolute atomic E-state index is 0.0198. The Hall–Kier alpha value is -2.68. The lowest BCUT2D eigenvalue weighted by Gasteiger charge is -2.01. The molecule has 3 nitrogen and oxygen atoms in total. The number of rotatable bonds is 2. The summed E-state index contributed by atoms with van der Waals surface area (Å²) in [4.78, 5) is 16.2. The van der Waals surface area contributed by atoms with Crippen LogP contribution in [-0.2, 0) is 7.05 Å². The van der Waals surface area contributed by atoms with E-state index in [0.717, 1.165) is 16.6 Å². The molecule has 0 aliphatic heterocycles. The Balaban J connectivity index is 2.00. The van der Waals surface area contributed by atoms with Crippen molar-refractivity contribution in [1.82, 2.24) is 9.55 Å². The Morgan fingerprint density at radius 3 is 2.55 bits per heavy atom. The van der Waals surface area contributed by atoms with Gasteiger partial charge in [0.25, 0.3) is 5.56 Å².